The Balaban J connectivity index is 0.00000208. The van der Waals surface area contributed by atoms with E-state index in [1.165, 1.54) is 28.5 Å². The average Bonchev–Trinajstić information content (AvgIpc) is 2.55. The van der Waals surface area contributed by atoms with Gasteiger partial charge < -0.3 is 5.32 Å². The van der Waals surface area contributed by atoms with Crippen LogP contribution < -0.4 is 5.32 Å². The van der Waals surface area contributed by atoms with Crippen LogP contribution in [-0.4, -0.2) is 31.2 Å². The summed E-state index contributed by atoms with van der Waals surface area (Å²) in [6, 6.07) is 15.6. The van der Waals surface area contributed by atoms with Crippen molar-refractivity contribution in [1.82, 2.24) is 10.4 Å². The summed E-state index contributed by atoms with van der Waals surface area (Å²) in [7, 11) is 3.19. The number of hydrogen-bond donors (Lipinski definition) is 1. The first-order valence-electron chi connectivity index (χ1n) is 8.15. The number of benzene rings is 2. The van der Waals surface area contributed by atoms with Gasteiger partial charge in [-0.2, -0.15) is 0 Å². The van der Waals surface area contributed by atoms with Crippen LogP contribution in [0.5, 0.6) is 0 Å². The third-order valence-corrected chi connectivity index (χ3v) is 4.85. The summed E-state index contributed by atoms with van der Waals surface area (Å²) in [5, 5.41) is 7.54. The molecule has 130 valence electrons. The topological polar surface area (TPSA) is 41.6 Å². The molecule has 1 aliphatic carbocycles. The van der Waals surface area contributed by atoms with Crippen molar-refractivity contribution in [2.24, 2.45) is 5.92 Å². The van der Waals surface area contributed by atoms with E-state index in [1.54, 1.807) is 7.05 Å². The Morgan fingerprint density at radius 3 is 2.58 bits per heavy atom. The lowest BCUT2D eigenvalue weighted by molar-refractivity contribution is -0.177. The second-order valence-electron chi connectivity index (χ2n) is 6.34. The van der Waals surface area contributed by atoms with Crippen LogP contribution in [0.3, 0.4) is 0 Å². The van der Waals surface area contributed by atoms with Gasteiger partial charge in [-0.15, -0.1) is 12.4 Å². The molecule has 0 bridgehead atoms. The van der Waals surface area contributed by atoms with Crippen LogP contribution in [-0.2, 0) is 9.63 Å². The molecule has 1 saturated carbocycles. The standard InChI is InChI=1S/C19H24N2O2.ClH/c1-13(17-10-6-8-14-7-4-5-9-18(14)17)20-16-11-15(12-16)19(22)21(2)23-3;/h4-10,13,15-16,20H,11-12H2,1-3H3;1H/t13-,15?,16?;/m1./s1. The second-order valence-corrected chi connectivity index (χ2v) is 6.34. The van der Waals surface area contributed by atoms with Gasteiger partial charge in [-0.1, -0.05) is 42.5 Å². The van der Waals surface area contributed by atoms with E-state index in [0.717, 1.165) is 12.8 Å². The van der Waals surface area contributed by atoms with Crippen LogP contribution in [0.2, 0.25) is 0 Å². The van der Waals surface area contributed by atoms with E-state index >= 15 is 0 Å². The Hall–Kier alpha value is -1.62. The molecule has 3 rings (SSSR count). The van der Waals surface area contributed by atoms with Crippen molar-refractivity contribution in [3.63, 3.8) is 0 Å². The van der Waals surface area contributed by atoms with E-state index in [4.69, 9.17) is 4.84 Å². The SMILES string of the molecule is CON(C)C(=O)C1CC(N[C@H](C)c2cccc3ccccc23)C1.Cl. The first-order valence-corrected chi connectivity index (χ1v) is 8.15. The molecule has 1 aliphatic rings. The van der Waals surface area contributed by atoms with Crippen molar-refractivity contribution in [1.29, 1.82) is 0 Å². The number of hydroxylamine groups is 2. The Bertz CT molecular complexity index is 695. The monoisotopic (exact) mass is 348 g/mol. The van der Waals surface area contributed by atoms with Gasteiger partial charge in [0.15, 0.2) is 0 Å². The molecule has 4 nitrogen and oxygen atoms in total. The van der Waals surface area contributed by atoms with Crippen molar-refractivity contribution < 1.29 is 9.63 Å². The minimum Gasteiger partial charge on any atom is -0.307 e. The van der Waals surface area contributed by atoms with Gasteiger partial charge in [0, 0.05) is 25.0 Å². The maximum atomic E-state index is 12.0. The summed E-state index contributed by atoms with van der Waals surface area (Å²) in [5.74, 6) is 0.153. The first-order chi connectivity index (χ1) is 11.1. The van der Waals surface area contributed by atoms with Gasteiger partial charge in [-0.05, 0) is 36.1 Å². The molecule has 2 aromatic rings. The molecule has 1 amide bonds. The fraction of sp³-hybridized carbons (Fsp3) is 0.421. The van der Waals surface area contributed by atoms with Gasteiger partial charge in [-0.3, -0.25) is 9.63 Å². The number of hydrogen-bond acceptors (Lipinski definition) is 3. The van der Waals surface area contributed by atoms with Gasteiger partial charge in [0.2, 0.25) is 5.91 Å². The Morgan fingerprint density at radius 2 is 1.88 bits per heavy atom. The lowest BCUT2D eigenvalue weighted by Gasteiger charge is -2.38. The molecule has 2 aromatic carbocycles. The molecule has 1 N–H and O–H groups in total. The van der Waals surface area contributed by atoms with Crippen molar-refractivity contribution >= 4 is 29.1 Å². The van der Waals surface area contributed by atoms with Crippen LogP contribution in [0.4, 0.5) is 0 Å². The van der Waals surface area contributed by atoms with E-state index in [2.05, 4.69) is 54.7 Å². The van der Waals surface area contributed by atoms with Crippen LogP contribution in [0.25, 0.3) is 10.8 Å². The molecule has 0 aliphatic heterocycles. The summed E-state index contributed by atoms with van der Waals surface area (Å²) in [6.45, 7) is 2.19. The van der Waals surface area contributed by atoms with E-state index < -0.39 is 0 Å². The molecule has 0 heterocycles. The molecule has 0 spiro atoms. The van der Waals surface area contributed by atoms with Crippen molar-refractivity contribution in [3.8, 4) is 0 Å². The predicted octanol–water partition coefficient (Wildman–Crippen LogP) is 3.71. The van der Waals surface area contributed by atoms with Gasteiger partial charge in [-0.25, -0.2) is 5.06 Å². The number of carbonyl (C=O) groups is 1. The highest BCUT2D eigenvalue weighted by Crippen LogP contribution is 2.32. The zero-order valence-electron chi connectivity index (χ0n) is 14.4. The highest BCUT2D eigenvalue weighted by molar-refractivity contribution is 5.86. The fourth-order valence-electron chi connectivity index (χ4n) is 3.37. The summed E-state index contributed by atoms with van der Waals surface area (Å²) in [5.41, 5.74) is 1.31. The largest absolute Gasteiger partial charge is 0.307 e. The number of rotatable bonds is 5. The minimum absolute atomic E-state index is 0. The molecule has 24 heavy (non-hydrogen) atoms. The van der Waals surface area contributed by atoms with Gasteiger partial charge in [0.05, 0.1) is 7.11 Å². The molecule has 1 atom stereocenters. The molecular weight excluding hydrogens is 324 g/mol. The zero-order chi connectivity index (χ0) is 16.4. The van der Waals surface area contributed by atoms with Crippen molar-refractivity contribution in [2.45, 2.75) is 31.8 Å². The van der Waals surface area contributed by atoms with Crippen molar-refractivity contribution in [2.75, 3.05) is 14.2 Å². The lowest BCUT2D eigenvalue weighted by Crippen LogP contribution is -2.48. The number of halogens is 1. The Labute approximate surface area is 149 Å². The summed E-state index contributed by atoms with van der Waals surface area (Å²) in [4.78, 5) is 17.0. The Kier molecular flexibility index (Phi) is 6.21. The normalized spacial score (nSPS) is 20.8. The predicted molar refractivity (Wildman–Crippen MR) is 99.0 cm³/mol. The van der Waals surface area contributed by atoms with E-state index in [1.807, 2.05) is 0 Å². The van der Waals surface area contributed by atoms with Gasteiger partial charge >= 0.3 is 0 Å². The third kappa shape index (κ3) is 3.72. The Morgan fingerprint density at radius 1 is 1.21 bits per heavy atom. The molecule has 0 unspecified atom stereocenters. The molecule has 1 fully saturated rings. The lowest BCUT2D eigenvalue weighted by atomic mass is 9.79. The maximum Gasteiger partial charge on any atom is 0.249 e. The number of nitrogens with one attached hydrogen (secondary N) is 1. The summed E-state index contributed by atoms with van der Waals surface area (Å²) in [6.07, 6.45) is 1.75. The van der Waals surface area contributed by atoms with Crippen LogP contribution in [0.15, 0.2) is 42.5 Å². The van der Waals surface area contributed by atoms with Crippen LogP contribution >= 0.6 is 12.4 Å². The second kappa shape index (κ2) is 7.97. The van der Waals surface area contributed by atoms with Crippen LogP contribution in [0, 0.1) is 5.92 Å². The highest BCUT2D eigenvalue weighted by Gasteiger charge is 2.36. The highest BCUT2D eigenvalue weighted by atomic mass is 35.5. The number of carbonyl (C=O) groups excluding carboxylic acids is 1. The van der Waals surface area contributed by atoms with Gasteiger partial charge in [0.1, 0.15) is 0 Å². The summed E-state index contributed by atoms with van der Waals surface area (Å²) < 4.78 is 0. The maximum absolute atomic E-state index is 12.0. The number of amides is 1. The quantitative estimate of drug-likeness (QED) is 0.837. The minimum atomic E-state index is 0. The summed E-state index contributed by atoms with van der Waals surface area (Å²) >= 11 is 0. The molecular formula is C19H25ClN2O2. The van der Waals surface area contributed by atoms with Crippen molar-refractivity contribution in [3.05, 3.63) is 48.0 Å². The fourth-order valence-corrected chi connectivity index (χ4v) is 3.37. The number of fused-ring (bicyclic) bond motifs is 1. The molecule has 5 heteroatoms. The molecule has 0 radical (unpaired) electrons. The third-order valence-electron chi connectivity index (χ3n) is 4.85. The average molecular weight is 349 g/mol. The van der Waals surface area contributed by atoms with E-state index in [-0.39, 0.29) is 30.3 Å². The molecule has 0 saturated heterocycles. The van der Waals surface area contributed by atoms with Crippen LogP contribution in [0.1, 0.15) is 31.4 Å². The number of nitrogens with zero attached hydrogens (tertiary/aromatic N) is 1. The zero-order valence-corrected chi connectivity index (χ0v) is 15.2. The smallest absolute Gasteiger partial charge is 0.249 e. The van der Waals surface area contributed by atoms with E-state index in [9.17, 15) is 4.79 Å². The van der Waals surface area contributed by atoms with Gasteiger partial charge in [0.25, 0.3) is 0 Å². The van der Waals surface area contributed by atoms with E-state index in [0.29, 0.717) is 6.04 Å². The molecule has 0 aromatic heterocycles. The first kappa shape index (κ1) is 18.7.